The van der Waals surface area contributed by atoms with Crippen LogP contribution < -0.4 is 10.2 Å². The number of nitrogens with zero attached hydrogens (tertiary/aromatic N) is 2. The van der Waals surface area contributed by atoms with Gasteiger partial charge in [-0.1, -0.05) is 12.1 Å². The second-order valence-electron chi connectivity index (χ2n) is 4.66. The molecule has 0 unspecified atom stereocenters. The van der Waals surface area contributed by atoms with Crippen molar-refractivity contribution < 1.29 is 4.79 Å². The van der Waals surface area contributed by atoms with Crippen LogP contribution in [0.3, 0.4) is 0 Å². The molecule has 4 heteroatoms. The van der Waals surface area contributed by atoms with Gasteiger partial charge in [0.2, 0.25) is 5.91 Å². The van der Waals surface area contributed by atoms with Gasteiger partial charge in [-0.3, -0.25) is 4.79 Å². The molecule has 0 aliphatic carbocycles. The summed E-state index contributed by atoms with van der Waals surface area (Å²) < 4.78 is 0. The molecule has 1 rings (SSSR count). The molecule has 0 aliphatic heterocycles. The molecule has 1 amide bonds. The van der Waals surface area contributed by atoms with Crippen LogP contribution in [-0.2, 0) is 4.79 Å². The summed E-state index contributed by atoms with van der Waals surface area (Å²) in [5.41, 5.74) is 2.41. The Hall–Kier alpha value is -2.02. The number of likely N-dealkylation sites (N-methyl/N-ethyl adjacent to an activating group) is 1. The number of carbonyl (C=O) groups is 1. The van der Waals surface area contributed by atoms with Gasteiger partial charge in [0.05, 0.1) is 17.8 Å². The zero-order valence-electron chi connectivity index (χ0n) is 11.3. The maximum absolute atomic E-state index is 11.7. The van der Waals surface area contributed by atoms with Gasteiger partial charge in [-0.15, -0.1) is 0 Å². The van der Waals surface area contributed by atoms with Gasteiger partial charge in [-0.25, -0.2) is 0 Å². The quantitative estimate of drug-likeness (QED) is 0.880. The lowest BCUT2D eigenvalue weighted by atomic mass is 10.1. The van der Waals surface area contributed by atoms with E-state index in [0.717, 1.165) is 11.3 Å². The number of para-hydroxylation sites is 1. The number of benzene rings is 1. The van der Waals surface area contributed by atoms with Crippen molar-refractivity contribution in [3.05, 3.63) is 29.3 Å². The monoisotopic (exact) mass is 245 g/mol. The highest BCUT2D eigenvalue weighted by molar-refractivity contribution is 5.82. The molecule has 0 radical (unpaired) electrons. The third kappa shape index (κ3) is 3.49. The number of hydrogen-bond acceptors (Lipinski definition) is 3. The molecule has 1 N–H and O–H groups in total. The molecule has 0 saturated heterocycles. The minimum Gasteiger partial charge on any atom is -0.364 e. The Labute approximate surface area is 108 Å². The zero-order valence-corrected chi connectivity index (χ0v) is 11.3. The lowest BCUT2D eigenvalue weighted by Gasteiger charge is -2.22. The second kappa shape index (κ2) is 6.06. The maximum Gasteiger partial charge on any atom is 0.239 e. The van der Waals surface area contributed by atoms with Crippen LogP contribution in [0.5, 0.6) is 0 Å². The molecule has 96 valence electrons. The molecule has 18 heavy (non-hydrogen) atoms. The maximum atomic E-state index is 11.7. The van der Waals surface area contributed by atoms with Crippen LogP contribution in [0.1, 0.15) is 25.0 Å². The molecular weight excluding hydrogens is 226 g/mol. The number of nitriles is 1. The lowest BCUT2D eigenvalue weighted by Crippen LogP contribution is -2.39. The van der Waals surface area contributed by atoms with Crippen LogP contribution in [0.4, 0.5) is 5.69 Å². The van der Waals surface area contributed by atoms with Crippen molar-refractivity contribution in [2.45, 2.75) is 26.8 Å². The van der Waals surface area contributed by atoms with Crippen molar-refractivity contribution in [1.82, 2.24) is 5.32 Å². The van der Waals surface area contributed by atoms with E-state index in [1.54, 1.807) is 6.07 Å². The Morgan fingerprint density at radius 2 is 2.17 bits per heavy atom. The third-order valence-corrected chi connectivity index (χ3v) is 2.57. The standard InChI is InChI=1S/C14H19N3O/c1-10(2)16-13(18)9-17(4)14-11(3)6-5-7-12(14)8-15/h5-7,10H,9H2,1-4H3,(H,16,18). The molecule has 4 nitrogen and oxygen atoms in total. The van der Waals surface area contributed by atoms with Crippen LogP contribution in [0.2, 0.25) is 0 Å². The molecule has 0 spiro atoms. The van der Waals surface area contributed by atoms with Gasteiger partial charge in [0.25, 0.3) is 0 Å². The van der Waals surface area contributed by atoms with Crippen molar-refractivity contribution in [2.24, 2.45) is 0 Å². The number of carbonyl (C=O) groups excluding carboxylic acids is 1. The predicted octanol–water partition coefficient (Wildman–Crippen LogP) is 1.83. The van der Waals surface area contributed by atoms with E-state index in [0.29, 0.717) is 5.56 Å². The van der Waals surface area contributed by atoms with Crippen LogP contribution in [-0.4, -0.2) is 25.5 Å². The Bertz CT molecular complexity index is 474. The number of amides is 1. The normalized spacial score (nSPS) is 10.0. The smallest absolute Gasteiger partial charge is 0.239 e. The molecule has 0 bridgehead atoms. The first-order valence-electron chi connectivity index (χ1n) is 5.96. The Kier molecular flexibility index (Phi) is 4.73. The van der Waals surface area contributed by atoms with Crippen molar-refractivity contribution in [1.29, 1.82) is 5.26 Å². The fourth-order valence-corrected chi connectivity index (χ4v) is 1.92. The molecule has 0 fully saturated rings. The van der Waals surface area contributed by atoms with Crippen molar-refractivity contribution >= 4 is 11.6 Å². The van der Waals surface area contributed by atoms with Gasteiger partial charge < -0.3 is 10.2 Å². The largest absolute Gasteiger partial charge is 0.364 e. The van der Waals surface area contributed by atoms with Crippen molar-refractivity contribution in [3.8, 4) is 6.07 Å². The SMILES string of the molecule is Cc1cccc(C#N)c1N(C)CC(=O)NC(C)C. The summed E-state index contributed by atoms with van der Waals surface area (Å²) >= 11 is 0. The first-order valence-corrected chi connectivity index (χ1v) is 5.96. The summed E-state index contributed by atoms with van der Waals surface area (Å²) in [5.74, 6) is -0.0420. The minimum atomic E-state index is -0.0420. The number of hydrogen-bond donors (Lipinski definition) is 1. The van der Waals surface area contributed by atoms with Crippen molar-refractivity contribution in [3.63, 3.8) is 0 Å². The predicted molar refractivity (Wildman–Crippen MR) is 72.4 cm³/mol. The van der Waals surface area contributed by atoms with Crippen LogP contribution >= 0.6 is 0 Å². The summed E-state index contributed by atoms with van der Waals surface area (Å²) in [5, 5.41) is 11.9. The molecule has 0 aliphatic rings. The zero-order chi connectivity index (χ0) is 13.7. The summed E-state index contributed by atoms with van der Waals surface area (Å²) in [6, 6.07) is 7.83. The van der Waals surface area contributed by atoms with E-state index in [-0.39, 0.29) is 18.5 Å². The van der Waals surface area contributed by atoms with E-state index in [1.807, 2.05) is 44.9 Å². The lowest BCUT2D eigenvalue weighted by molar-refractivity contribution is -0.120. The first-order chi connectivity index (χ1) is 8.45. The molecular formula is C14H19N3O. The Balaban J connectivity index is 2.88. The molecule has 1 aromatic rings. The highest BCUT2D eigenvalue weighted by atomic mass is 16.2. The number of rotatable bonds is 4. The summed E-state index contributed by atoms with van der Waals surface area (Å²) in [4.78, 5) is 13.5. The van der Waals surface area contributed by atoms with E-state index in [2.05, 4.69) is 11.4 Å². The van der Waals surface area contributed by atoms with Gasteiger partial charge in [0, 0.05) is 13.1 Å². The first kappa shape index (κ1) is 14.0. The minimum absolute atomic E-state index is 0.0420. The molecule has 0 saturated carbocycles. The second-order valence-corrected chi connectivity index (χ2v) is 4.66. The number of nitrogens with one attached hydrogen (secondary N) is 1. The average molecular weight is 245 g/mol. The fraction of sp³-hybridized carbons (Fsp3) is 0.429. The van der Waals surface area contributed by atoms with E-state index in [9.17, 15) is 4.79 Å². The van der Waals surface area contributed by atoms with Gasteiger partial charge in [-0.05, 0) is 32.4 Å². The van der Waals surface area contributed by atoms with Gasteiger partial charge >= 0.3 is 0 Å². The summed E-state index contributed by atoms with van der Waals surface area (Å²) in [6.07, 6.45) is 0. The van der Waals surface area contributed by atoms with E-state index >= 15 is 0 Å². The summed E-state index contributed by atoms with van der Waals surface area (Å²) in [7, 11) is 1.82. The van der Waals surface area contributed by atoms with E-state index < -0.39 is 0 Å². The van der Waals surface area contributed by atoms with Crippen LogP contribution in [0, 0.1) is 18.3 Å². The Morgan fingerprint density at radius 1 is 1.50 bits per heavy atom. The molecule has 0 heterocycles. The molecule has 1 aromatic carbocycles. The van der Waals surface area contributed by atoms with Crippen molar-refractivity contribution in [2.75, 3.05) is 18.5 Å². The van der Waals surface area contributed by atoms with E-state index in [4.69, 9.17) is 5.26 Å². The number of aryl methyl sites for hydroxylation is 1. The van der Waals surface area contributed by atoms with Crippen LogP contribution in [0.25, 0.3) is 0 Å². The number of anilines is 1. The van der Waals surface area contributed by atoms with Gasteiger partial charge in [-0.2, -0.15) is 5.26 Å². The Morgan fingerprint density at radius 3 is 2.72 bits per heavy atom. The fourth-order valence-electron chi connectivity index (χ4n) is 1.92. The molecule has 0 aromatic heterocycles. The highest BCUT2D eigenvalue weighted by Gasteiger charge is 2.13. The topological polar surface area (TPSA) is 56.1 Å². The molecule has 0 atom stereocenters. The van der Waals surface area contributed by atoms with Gasteiger partial charge in [0.15, 0.2) is 0 Å². The average Bonchev–Trinajstić information content (AvgIpc) is 2.26. The summed E-state index contributed by atoms with van der Waals surface area (Å²) in [6.45, 7) is 6.03. The third-order valence-electron chi connectivity index (χ3n) is 2.57. The highest BCUT2D eigenvalue weighted by Crippen LogP contribution is 2.23. The van der Waals surface area contributed by atoms with E-state index in [1.165, 1.54) is 0 Å². The van der Waals surface area contributed by atoms with Gasteiger partial charge in [0.1, 0.15) is 6.07 Å². The van der Waals surface area contributed by atoms with Crippen LogP contribution in [0.15, 0.2) is 18.2 Å².